The second kappa shape index (κ2) is 5.19. The second-order valence-corrected chi connectivity index (χ2v) is 4.56. The summed E-state index contributed by atoms with van der Waals surface area (Å²) in [7, 11) is 1.94. The topological polar surface area (TPSA) is 44.4 Å². The van der Waals surface area contributed by atoms with E-state index in [1.165, 1.54) is 5.56 Å². The number of benzene rings is 1. The molecular formula is C13H19N3O. The van der Waals surface area contributed by atoms with Crippen molar-refractivity contribution >= 4 is 11.7 Å². The molecule has 1 heterocycles. The molecule has 1 aliphatic rings. The maximum Gasteiger partial charge on any atom is 0.321 e. The van der Waals surface area contributed by atoms with Crippen molar-refractivity contribution in [2.45, 2.75) is 6.92 Å². The summed E-state index contributed by atoms with van der Waals surface area (Å²) in [6.07, 6.45) is 0. The van der Waals surface area contributed by atoms with Gasteiger partial charge in [-0.05, 0) is 31.7 Å². The van der Waals surface area contributed by atoms with Gasteiger partial charge in [0, 0.05) is 31.2 Å². The van der Waals surface area contributed by atoms with Crippen LogP contribution in [0, 0.1) is 12.8 Å². The van der Waals surface area contributed by atoms with E-state index in [9.17, 15) is 4.79 Å². The van der Waals surface area contributed by atoms with E-state index in [-0.39, 0.29) is 6.03 Å². The summed E-state index contributed by atoms with van der Waals surface area (Å²) in [6.45, 7) is 4.48. The highest BCUT2D eigenvalue weighted by atomic mass is 16.2. The quantitative estimate of drug-likeness (QED) is 0.828. The van der Waals surface area contributed by atoms with Gasteiger partial charge in [0.2, 0.25) is 0 Å². The van der Waals surface area contributed by atoms with E-state index in [0.29, 0.717) is 5.92 Å². The van der Waals surface area contributed by atoms with Crippen molar-refractivity contribution in [3.63, 3.8) is 0 Å². The van der Waals surface area contributed by atoms with Crippen LogP contribution in [0.25, 0.3) is 0 Å². The third kappa shape index (κ3) is 2.77. The molecule has 0 spiro atoms. The van der Waals surface area contributed by atoms with E-state index in [1.54, 1.807) is 0 Å². The Bertz CT molecular complexity index is 405. The Morgan fingerprint density at radius 3 is 3.06 bits per heavy atom. The smallest absolute Gasteiger partial charge is 0.321 e. The van der Waals surface area contributed by atoms with Gasteiger partial charge >= 0.3 is 6.03 Å². The van der Waals surface area contributed by atoms with Crippen LogP contribution in [0.5, 0.6) is 0 Å². The average Bonchev–Trinajstić information content (AvgIpc) is 2.32. The first-order valence-electron chi connectivity index (χ1n) is 5.97. The fourth-order valence-electron chi connectivity index (χ4n) is 2.18. The Morgan fingerprint density at radius 2 is 2.35 bits per heavy atom. The highest BCUT2D eigenvalue weighted by Gasteiger charge is 2.25. The normalized spacial score (nSPS) is 20.2. The molecule has 0 aromatic heterocycles. The molecule has 4 nitrogen and oxygen atoms in total. The molecule has 92 valence electrons. The van der Waals surface area contributed by atoms with E-state index in [4.69, 9.17) is 0 Å². The molecule has 2 amide bonds. The molecule has 4 heteroatoms. The number of carbonyl (C=O) groups is 1. The largest absolute Gasteiger partial charge is 0.337 e. The minimum atomic E-state index is 0.00273. The highest BCUT2D eigenvalue weighted by Crippen LogP contribution is 2.19. The van der Waals surface area contributed by atoms with Crippen LogP contribution in [0.15, 0.2) is 24.3 Å². The lowest BCUT2D eigenvalue weighted by Crippen LogP contribution is -2.53. The maximum atomic E-state index is 11.9. The maximum absolute atomic E-state index is 11.9. The monoisotopic (exact) mass is 233 g/mol. The van der Waals surface area contributed by atoms with Crippen LogP contribution in [0.1, 0.15) is 5.56 Å². The number of nitrogens with one attached hydrogen (secondary N) is 2. The summed E-state index contributed by atoms with van der Waals surface area (Å²) >= 11 is 0. The van der Waals surface area contributed by atoms with Crippen molar-refractivity contribution < 1.29 is 4.79 Å². The Kier molecular flexibility index (Phi) is 3.64. The first-order chi connectivity index (χ1) is 8.20. The Hall–Kier alpha value is -1.55. The summed E-state index contributed by atoms with van der Waals surface area (Å²) in [6, 6.07) is 8.05. The van der Waals surface area contributed by atoms with Gasteiger partial charge in [0.1, 0.15) is 0 Å². The van der Waals surface area contributed by atoms with E-state index in [0.717, 1.165) is 25.3 Å². The summed E-state index contributed by atoms with van der Waals surface area (Å²) in [5.41, 5.74) is 2.15. The fraction of sp³-hybridized carbons (Fsp3) is 0.462. The second-order valence-electron chi connectivity index (χ2n) is 4.56. The minimum absolute atomic E-state index is 0.00273. The number of hydrogen-bond acceptors (Lipinski definition) is 2. The first kappa shape index (κ1) is 11.9. The summed E-state index contributed by atoms with van der Waals surface area (Å²) in [4.78, 5) is 13.7. The van der Waals surface area contributed by atoms with Gasteiger partial charge in [0.15, 0.2) is 0 Å². The van der Waals surface area contributed by atoms with E-state index in [1.807, 2.05) is 43.1 Å². The summed E-state index contributed by atoms with van der Waals surface area (Å²) in [5, 5.41) is 6.09. The third-order valence-electron chi connectivity index (χ3n) is 3.03. The van der Waals surface area contributed by atoms with Crippen LogP contribution in [0.3, 0.4) is 0 Å². The van der Waals surface area contributed by atoms with Crippen molar-refractivity contribution in [3.8, 4) is 0 Å². The SMILES string of the molecule is CNCC1CNC(=O)N(c2cccc(C)c2)C1. The zero-order valence-electron chi connectivity index (χ0n) is 10.4. The van der Waals surface area contributed by atoms with Gasteiger partial charge in [0.05, 0.1) is 0 Å². The lowest BCUT2D eigenvalue weighted by molar-refractivity contribution is 0.236. The Morgan fingerprint density at radius 1 is 1.53 bits per heavy atom. The summed E-state index contributed by atoms with van der Waals surface area (Å²) < 4.78 is 0. The number of nitrogens with zero attached hydrogens (tertiary/aromatic N) is 1. The number of carbonyl (C=O) groups excluding carboxylic acids is 1. The fourth-order valence-corrected chi connectivity index (χ4v) is 2.18. The third-order valence-corrected chi connectivity index (χ3v) is 3.03. The molecule has 17 heavy (non-hydrogen) atoms. The van der Waals surface area contributed by atoms with Gasteiger partial charge in [-0.3, -0.25) is 4.90 Å². The molecule has 1 aromatic carbocycles. The van der Waals surface area contributed by atoms with E-state index < -0.39 is 0 Å². The molecule has 1 unspecified atom stereocenters. The van der Waals surface area contributed by atoms with Crippen LogP contribution in [-0.2, 0) is 0 Å². The van der Waals surface area contributed by atoms with Crippen LogP contribution in [0.4, 0.5) is 10.5 Å². The van der Waals surface area contributed by atoms with Crippen LogP contribution in [-0.4, -0.2) is 32.7 Å². The van der Waals surface area contributed by atoms with Crippen molar-refractivity contribution in [3.05, 3.63) is 29.8 Å². The molecule has 1 aromatic rings. The number of rotatable bonds is 3. The van der Waals surface area contributed by atoms with Crippen LogP contribution in [0.2, 0.25) is 0 Å². The number of anilines is 1. The van der Waals surface area contributed by atoms with Gasteiger partial charge < -0.3 is 10.6 Å². The Balaban J connectivity index is 2.15. The van der Waals surface area contributed by atoms with E-state index in [2.05, 4.69) is 10.6 Å². The standard InChI is InChI=1S/C13H19N3O/c1-10-4-3-5-12(6-10)16-9-11(7-14-2)8-15-13(16)17/h3-6,11,14H,7-9H2,1-2H3,(H,15,17). The predicted molar refractivity (Wildman–Crippen MR) is 69.3 cm³/mol. The Labute approximate surface area is 102 Å². The van der Waals surface area contributed by atoms with Gasteiger partial charge in [-0.15, -0.1) is 0 Å². The van der Waals surface area contributed by atoms with E-state index >= 15 is 0 Å². The van der Waals surface area contributed by atoms with Crippen molar-refractivity contribution in [2.24, 2.45) is 5.92 Å². The minimum Gasteiger partial charge on any atom is -0.337 e. The van der Waals surface area contributed by atoms with Gasteiger partial charge in [0.25, 0.3) is 0 Å². The zero-order valence-corrected chi connectivity index (χ0v) is 10.4. The van der Waals surface area contributed by atoms with Gasteiger partial charge in [-0.1, -0.05) is 12.1 Å². The molecule has 0 bridgehead atoms. The molecule has 1 aliphatic heterocycles. The number of aryl methyl sites for hydroxylation is 1. The van der Waals surface area contributed by atoms with Crippen molar-refractivity contribution in [1.82, 2.24) is 10.6 Å². The van der Waals surface area contributed by atoms with Gasteiger partial charge in [-0.2, -0.15) is 0 Å². The molecule has 1 saturated heterocycles. The molecule has 1 fully saturated rings. The van der Waals surface area contributed by atoms with Crippen LogP contribution < -0.4 is 15.5 Å². The van der Waals surface area contributed by atoms with Gasteiger partial charge in [-0.25, -0.2) is 4.79 Å². The van der Waals surface area contributed by atoms with Crippen molar-refractivity contribution in [1.29, 1.82) is 0 Å². The van der Waals surface area contributed by atoms with Crippen molar-refractivity contribution in [2.75, 3.05) is 31.6 Å². The van der Waals surface area contributed by atoms with Crippen LogP contribution >= 0.6 is 0 Å². The number of amides is 2. The summed E-state index contributed by atoms with van der Waals surface area (Å²) in [5.74, 6) is 0.457. The average molecular weight is 233 g/mol. The number of hydrogen-bond donors (Lipinski definition) is 2. The molecule has 0 aliphatic carbocycles. The molecule has 1 atom stereocenters. The number of urea groups is 1. The molecule has 2 rings (SSSR count). The molecule has 0 saturated carbocycles. The predicted octanol–water partition coefficient (Wildman–Crippen LogP) is 1.36. The molecule has 0 radical (unpaired) electrons. The molecular weight excluding hydrogens is 214 g/mol. The first-order valence-corrected chi connectivity index (χ1v) is 5.97. The lowest BCUT2D eigenvalue weighted by atomic mass is 10.1. The lowest BCUT2D eigenvalue weighted by Gasteiger charge is -2.33. The molecule has 2 N–H and O–H groups in total. The zero-order chi connectivity index (χ0) is 12.3. The highest BCUT2D eigenvalue weighted by molar-refractivity contribution is 5.92.